The number of pyridine rings is 1. The highest BCUT2D eigenvalue weighted by atomic mass is 32.2. The number of aryl methyl sites for hydroxylation is 1. The molecule has 10 nitrogen and oxygen atoms in total. The fraction of sp³-hybridized carbons (Fsp3) is 0.250. The number of rotatable bonds is 8. The number of sulfonamides is 1. The Morgan fingerprint density at radius 1 is 1.16 bits per heavy atom. The average Bonchev–Trinajstić information content (AvgIpc) is 3.40. The summed E-state index contributed by atoms with van der Waals surface area (Å²) in [5.74, 6) is 0.464. The molecule has 0 aliphatic rings. The molecule has 0 saturated heterocycles. The first kappa shape index (κ1) is 21.0. The second-order valence-electron chi connectivity index (χ2n) is 6.86. The number of benzene rings is 1. The maximum atomic E-state index is 13.0. The van der Waals surface area contributed by atoms with Gasteiger partial charge in [0.2, 0.25) is 0 Å². The minimum Gasteiger partial charge on any atom is -0.382 e. The van der Waals surface area contributed by atoms with Crippen molar-refractivity contribution in [2.24, 2.45) is 7.05 Å². The predicted octanol–water partition coefficient (Wildman–Crippen LogP) is 2.29. The Kier molecular flexibility index (Phi) is 5.72. The van der Waals surface area contributed by atoms with Crippen LogP contribution in [-0.4, -0.2) is 53.8 Å². The SMILES string of the molecule is COC[C@H](OC)c1ccnc(-n2cc(S(=O)(=O)Nc3cccc4cnn(C)c34)cn2)c1. The van der Waals surface area contributed by atoms with Gasteiger partial charge in [0.15, 0.2) is 5.82 Å². The third-order valence-electron chi connectivity index (χ3n) is 4.85. The summed E-state index contributed by atoms with van der Waals surface area (Å²) < 4.78 is 42.2. The molecule has 4 rings (SSSR count). The lowest BCUT2D eigenvalue weighted by Gasteiger charge is -2.15. The van der Waals surface area contributed by atoms with E-state index in [0.717, 1.165) is 10.9 Å². The van der Waals surface area contributed by atoms with Crippen molar-refractivity contribution < 1.29 is 17.9 Å². The summed E-state index contributed by atoms with van der Waals surface area (Å²) in [6.07, 6.45) is 5.72. The second-order valence-corrected chi connectivity index (χ2v) is 8.55. The molecule has 0 unspecified atom stereocenters. The van der Waals surface area contributed by atoms with Gasteiger partial charge in [0.1, 0.15) is 11.0 Å². The summed E-state index contributed by atoms with van der Waals surface area (Å²) in [5, 5.41) is 9.20. The topological polar surface area (TPSA) is 113 Å². The first-order chi connectivity index (χ1) is 14.9. The van der Waals surface area contributed by atoms with Gasteiger partial charge >= 0.3 is 0 Å². The van der Waals surface area contributed by atoms with Crippen LogP contribution in [0.5, 0.6) is 0 Å². The standard InChI is InChI=1S/C20H22N6O4S/c1-25-20-15(10-22-25)5-4-6-17(20)24-31(27,28)16-11-23-26(12-16)19-9-14(7-8-21-19)18(30-3)13-29-2/h4-12,18,24H,13H2,1-3H3/t18-/m0/s1. The molecular weight excluding hydrogens is 420 g/mol. The van der Waals surface area contributed by atoms with E-state index in [1.807, 2.05) is 12.1 Å². The molecule has 0 spiro atoms. The zero-order valence-electron chi connectivity index (χ0n) is 17.3. The van der Waals surface area contributed by atoms with Crippen molar-refractivity contribution in [1.82, 2.24) is 24.5 Å². The normalized spacial score (nSPS) is 12.9. The van der Waals surface area contributed by atoms with Crippen LogP contribution in [0.15, 0.2) is 60.0 Å². The van der Waals surface area contributed by atoms with Crippen LogP contribution in [0, 0.1) is 0 Å². The number of para-hydroxylation sites is 1. The Bertz CT molecular complexity index is 1310. The largest absolute Gasteiger partial charge is 0.382 e. The van der Waals surface area contributed by atoms with Crippen molar-refractivity contribution in [2.45, 2.75) is 11.0 Å². The van der Waals surface area contributed by atoms with Crippen LogP contribution in [-0.2, 0) is 26.5 Å². The van der Waals surface area contributed by atoms with E-state index < -0.39 is 10.0 Å². The first-order valence-corrected chi connectivity index (χ1v) is 10.9. The van der Waals surface area contributed by atoms with Gasteiger partial charge in [0.05, 0.1) is 36.4 Å². The van der Waals surface area contributed by atoms with Gasteiger partial charge in [0.25, 0.3) is 10.0 Å². The highest BCUT2D eigenvalue weighted by molar-refractivity contribution is 7.92. The first-order valence-electron chi connectivity index (χ1n) is 9.39. The molecule has 162 valence electrons. The number of nitrogens with one attached hydrogen (secondary N) is 1. The Hall–Kier alpha value is -3.28. The lowest BCUT2D eigenvalue weighted by Crippen LogP contribution is -2.13. The van der Waals surface area contributed by atoms with Crippen LogP contribution in [0.4, 0.5) is 5.69 Å². The molecule has 3 heterocycles. The average molecular weight is 443 g/mol. The number of fused-ring (bicyclic) bond motifs is 1. The van der Waals surface area contributed by atoms with E-state index in [1.54, 1.807) is 56.5 Å². The Morgan fingerprint density at radius 2 is 2.00 bits per heavy atom. The summed E-state index contributed by atoms with van der Waals surface area (Å²) in [6, 6.07) is 8.92. The van der Waals surface area contributed by atoms with Crippen LogP contribution in [0.3, 0.4) is 0 Å². The predicted molar refractivity (Wildman–Crippen MR) is 115 cm³/mol. The summed E-state index contributed by atoms with van der Waals surface area (Å²) in [4.78, 5) is 4.30. The number of hydrogen-bond donors (Lipinski definition) is 1. The zero-order chi connectivity index (χ0) is 22.0. The molecule has 0 radical (unpaired) electrons. The molecule has 0 amide bonds. The smallest absolute Gasteiger partial charge is 0.265 e. The van der Waals surface area contributed by atoms with Crippen LogP contribution >= 0.6 is 0 Å². The number of hydrogen-bond acceptors (Lipinski definition) is 7. The Labute approximate surface area is 179 Å². The van der Waals surface area contributed by atoms with E-state index in [2.05, 4.69) is 19.9 Å². The van der Waals surface area contributed by atoms with E-state index in [0.29, 0.717) is 23.6 Å². The van der Waals surface area contributed by atoms with Crippen molar-refractivity contribution >= 4 is 26.6 Å². The van der Waals surface area contributed by atoms with E-state index in [1.165, 1.54) is 17.1 Å². The summed E-state index contributed by atoms with van der Waals surface area (Å²) in [7, 11) is 1.07. The summed E-state index contributed by atoms with van der Waals surface area (Å²) in [6.45, 7) is 0.377. The summed E-state index contributed by atoms with van der Waals surface area (Å²) >= 11 is 0. The molecule has 3 aromatic heterocycles. The minimum atomic E-state index is -3.87. The number of anilines is 1. The van der Waals surface area contributed by atoms with Crippen molar-refractivity contribution in [3.63, 3.8) is 0 Å². The van der Waals surface area contributed by atoms with Gasteiger partial charge in [-0.3, -0.25) is 9.40 Å². The Morgan fingerprint density at radius 3 is 2.77 bits per heavy atom. The maximum absolute atomic E-state index is 13.0. The number of aromatic nitrogens is 5. The van der Waals surface area contributed by atoms with Crippen LogP contribution in [0.2, 0.25) is 0 Å². The van der Waals surface area contributed by atoms with Gasteiger partial charge in [-0.15, -0.1) is 0 Å². The monoisotopic (exact) mass is 442 g/mol. The van der Waals surface area contributed by atoms with Gasteiger partial charge in [-0.2, -0.15) is 10.2 Å². The molecule has 0 fully saturated rings. The molecule has 0 aliphatic carbocycles. The molecule has 0 bridgehead atoms. The zero-order valence-corrected chi connectivity index (χ0v) is 18.1. The molecule has 31 heavy (non-hydrogen) atoms. The minimum absolute atomic E-state index is 0.0130. The molecular formula is C20H22N6O4S. The van der Waals surface area contributed by atoms with Crippen LogP contribution in [0.25, 0.3) is 16.7 Å². The van der Waals surface area contributed by atoms with E-state index in [4.69, 9.17) is 9.47 Å². The fourth-order valence-corrected chi connectivity index (χ4v) is 4.30. The third kappa shape index (κ3) is 4.15. The van der Waals surface area contributed by atoms with E-state index in [-0.39, 0.29) is 11.0 Å². The quantitative estimate of drug-likeness (QED) is 0.445. The van der Waals surface area contributed by atoms with Gasteiger partial charge in [-0.25, -0.2) is 18.1 Å². The molecule has 11 heteroatoms. The fourth-order valence-electron chi connectivity index (χ4n) is 3.30. The van der Waals surface area contributed by atoms with Crippen LogP contribution in [0.1, 0.15) is 11.7 Å². The lowest BCUT2D eigenvalue weighted by molar-refractivity contribution is 0.0274. The number of ether oxygens (including phenoxy) is 2. The van der Waals surface area contributed by atoms with Crippen molar-refractivity contribution in [1.29, 1.82) is 0 Å². The van der Waals surface area contributed by atoms with Gasteiger partial charge in [0, 0.05) is 32.9 Å². The number of nitrogens with zero attached hydrogens (tertiary/aromatic N) is 5. The Balaban J connectivity index is 1.63. The highest BCUT2D eigenvalue weighted by Crippen LogP contribution is 2.25. The molecule has 1 N–H and O–H groups in total. The van der Waals surface area contributed by atoms with Gasteiger partial charge < -0.3 is 9.47 Å². The lowest BCUT2D eigenvalue weighted by atomic mass is 10.1. The molecule has 4 aromatic rings. The molecule has 1 aromatic carbocycles. The van der Waals surface area contributed by atoms with Crippen LogP contribution < -0.4 is 4.72 Å². The molecule has 1 atom stereocenters. The molecule has 0 aliphatic heterocycles. The third-order valence-corrected chi connectivity index (χ3v) is 6.17. The summed E-state index contributed by atoms with van der Waals surface area (Å²) in [5.41, 5.74) is 1.97. The second kappa shape index (κ2) is 8.46. The molecule has 0 saturated carbocycles. The van der Waals surface area contributed by atoms with Crippen molar-refractivity contribution in [3.8, 4) is 5.82 Å². The van der Waals surface area contributed by atoms with Crippen molar-refractivity contribution in [3.05, 3.63) is 60.7 Å². The van der Waals surface area contributed by atoms with E-state index in [9.17, 15) is 8.42 Å². The van der Waals surface area contributed by atoms with E-state index >= 15 is 0 Å². The van der Waals surface area contributed by atoms with Gasteiger partial charge in [-0.05, 0) is 23.8 Å². The highest BCUT2D eigenvalue weighted by Gasteiger charge is 2.20. The van der Waals surface area contributed by atoms with Crippen molar-refractivity contribution in [2.75, 3.05) is 25.5 Å². The number of methoxy groups -OCH3 is 2. The maximum Gasteiger partial charge on any atom is 0.265 e. The van der Waals surface area contributed by atoms with Gasteiger partial charge in [-0.1, -0.05) is 12.1 Å².